The molecule has 120 valence electrons. The average molecular weight is 310 g/mol. The summed E-state index contributed by atoms with van der Waals surface area (Å²) in [5, 5.41) is 5.31. The highest BCUT2D eigenvalue weighted by Gasteiger charge is 2.16. The Hall–Kier alpha value is -2.62. The summed E-state index contributed by atoms with van der Waals surface area (Å²) in [7, 11) is 0. The lowest BCUT2D eigenvalue weighted by Gasteiger charge is -2.13. The number of rotatable bonds is 3. The van der Waals surface area contributed by atoms with E-state index in [2.05, 4.69) is 17.6 Å². The molecule has 0 heterocycles. The lowest BCUT2D eigenvalue weighted by molar-refractivity contribution is -0.133. The Kier molecular flexibility index (Phi) is 5.16. The lowest BCUT2D eigenvalue weighted by Crippen LogP contribution is -2.29. The minimum Gasteiger partial charge on any atom is -0.318 e. The van der Waals surface area contributed by atoms with E-state index in [0.29, 0.717) is 11.4 Å². The molecule has 2 aromatic carbocycles. The van der Waals surface area contributed by atoms with E-state index in [1.807, 2.05) is 45.0 Å². The Morgan fingerprint density at radius 3 is 1.91 bits per heavy atom. The third-order valence-electron chi connectivity index (χ3n) is 3.74. The molecular formula is C19H22N2O2. The van der Waals surface area contributed by atoms with Gasteiger partial charge in [-0.2, -0.15) is 0 Å². The number of anilines is 2. The average Bonchev–Trinajstić information content (AvgIpc) is 2.51. The fourth-order valence-corrected chi connectivity index (χ4v) is 2.56. The first-order chi connectivity index (χ1) is 10.9. The van der Waals surface area contributed by atoms with E-state index in [4.69, 9.17) is 0 Å². The van der Waals surface area contributed by atoms with Crippen LogP contribution in [0.4, 0.5) is 11.4 Å². The quantitative estimate of drug-likeness (QED) is 0.848. The molecule has 0 aromatic heterocycles. The van der Waals surface area contributed by atoms with Crippen molar-refractivity contribution >= 4 is 23.2 Å². The zero-order valence-electron chi connectivity index (χ0n) is 14.0. The molecule has 0 unspecified atom stereocenters. The van der Waals surface area contributed by atoms with E-state index >= 15 is 0 Å². The second kappa shape index (κ2) is 7.09. The Morgan fingerprint density at radius 2 is 1.39 bits per heavy atom. The smallest absolute Gasteiger partial charge is 0.314 e. The van der Waals surface area contributed by atoms with Crippen LogP contribution in [0.15, 0.2) is 36.4 Å². The molecular weight excluding hydrogens is 288 g/mol. The molecule has 0 saturated carbocycles. The summed E-state index contributed by atoms with van der Waals surface area (Å²) in [5.41, 5.74) is 5.49. The monoisotopic (exact) mass is 310 g/mol. The van der Waals surface area contributed by atoms with Crippen molar-refractivity contribution in [3.8, 4) is 0 Å². The van der Waals surface area contributed by atoms with E-state index < -0.39 is 11.8 Å². The third-order valence-corrected chi connectivity index (χ3v) is 3.74. The van der Waals surface area contributed by atoms with Crippen LogP contribution in [0.1, 0.15) is 29.2 Å². The van der Waals surface area contributed by atoms with Gasteiger partial charge in [0.05, 0.1) is 0 Å². The molecule has 0 fully saturated rings. The summed E-state index contributed by atoms with van der Waals surface area (Å²) >= 11 is 0. The number of carbonyl (C=O) groups is 2. The number of amides is 2. The fourth-order valence-electron chi connectivity index (χ4n) is 2.56. The first-order valence-corrected chi connectivity index (χ1v) is 7.69. The number of benzene rings is 2. The topological polar surface area (TPSA) is 58.2 Å². The molecule has 0 aliphatic heterocycles. The number of hydrogen-bond donors (Lipinski definition) is 2. The molecule has 2 aromatic rings. The van der Waals surface area contributed by atoms with Gasteiger partial charge in [-0.05, 0) is 56.0 Å². The number of nitrogens with one attached hydrogen (secondary N) is 2. The molecule has 2 N–H and O–H groups in total. The molecule has 2 rings (SSSR count). The summed E-state index contributed by atoms with van der Waals surface area (Å²) in [4.78, 5) is 24.1. The van der Waals surface area contributed by atoms with Crippen LogP contribution in [-0.4, -0.2) is 11.8 Å². The molecule has 4 nitrogen and oxygen atoms in total. The van der Waals surface area contributed by atoms with E-state index in [1.54, 1.807) is 12.1 Å². The Labute approximate surface area is 136 Å². The molecule has 0 aliphatic rings. The van der Waals surface area contributed by atoms with Gasteiger partial charge in [0, 0.05) is 11.4 Å². The van der Waals surface area contributed by atoms with Crippen molar-refractivity contribution in [2.45, 2.75) is 34.1 Å². The largest absolute Gasteiger partial charge is 0.318 e. The van der Waals surface area contributed by atoms with Gasteiger partial charge in [0.15, 0.2) is 0 Å². The van der Waals surface area contributed by atoms with Crippen molar-refractivity contribution in [1.29, 1.82) is 0 Å². The fraction of sp³-hybridized carbons (Fsp3) is 0.263. The van der Waals surface area contributed by atoms with Crippen LogP contribution in [-0.2, 0) is 16.0 Å². The van der Waals surface area contributed by atoms with Gasteiger partial charge in [-0.15, -0.1) is 0 Å². The molecule has 0 aliphatic carbocycles. The van der Waals surface area contributed by atoms with Crippen molar-refractivity contribution in [1.82, 2.24) is 0 Å². The maximum absolute atomic E-state index is 12.1. The standard InChI is InChI=1S/C19H22N2O2/c1-5-15-6-8-16(9-7-15)20-18(22)19(23)21-17-13(3)10-12(2)11-14(17)4/h6-11H,5H2,1-4H3,(H,20,22)(H,21,23). The number of carbonyl (C=O) groups excluding carboxylic acids is 2. The maximum atomic E-state index is 12.1. The van der Waals surface area contributed by atoms with Crippen LogP contribution in [0.2, 0.25) is 0 Å². The van der Waals surface area contributed by atoms with Gasteiger partial charge in [-0.25, -0.2) is 0 Å². The van der Waals surface area contributed by atoms with Crippen LogP contribution in [0.25, 0.3) is 0 Å². The predicted molar refractivity (Wildman–Crippen MR) is 93.7 cm³/mol. The van der Waals surface area contributed by atoms with E-state index in [0.717, 1.165) is 23.1 Å². The molecule has 0 spiro atoms. The SMILES string of the molecule is CCc1ccc(NC(=O)C(=O)Nc2c(C)cc(C)cc2C)cc1. The van der Waals surface area contributed by atoms with Gasteiger partial charge >= 0.3 is 11.8 Å². The summed E-state index contributed by atoms with van der Waals surface area (Å²) < 4.78 is 0. The van der Waals surface area contributed by atoms with E-state index in [-0.39, 0.29) is 0 Å². The van der Waals surface area contributed by atoms with Crippen molar-refractivity contribution < 1.29 is 9.59 Å². The molecule has 0 atom stereocenters. The molecule has 2 amide bonds. The summed E-state index contributed by atoms with van der Waals surface area (Å²) in [5.74, 6) is -1.34. The van der Waals surface area contributed by atoms with Crippen LogP contribution in [0, 0.1) is 20.8 Å². The third kappa shape index (κ3) is 4.19. The zero-order valence-corrected chi connectivity index (χ0v) is 14.0. The molecule has 0 radical (unpaired) electrons. The van der Waals surface area contributed by atoms with Gasteiger partial charge in [0.2, 0.25) is 0 Å². The minimum absolute atomic E-state index is 0.611. The number of aryl methyl sites for hydroxylation is 4. The highest BCUT2D eigenvalue weighted by molar-refractivity contribution is 6.43. The Balaban J connectivity index is 2.07. The molecule has 0 saturated heterocycles. The second-order valence-electron chi connectivity index (χ2n) is 5.73. The highest BCUT2D eigenvalue weighted by atomic mass is 16.2. The molecule has 0 bridgehead atoms. The number of hydrogen-bond acceptors (Lipinski definition) is 2. The van der Waals surface area contributed by atoms with Crippen molar-refractivity contribution in [2.75, 3.05) is 10.6 Å². The highest BCUT2D eigenvalue weighted by Crippen LogP contribution is 2.22. The Bertz CT molecular complexity index is 711. The van der Waals surface area contributed by atoms with Crippen LogP contribution in [0.3, 0.4) is 0 Å². The summed E-state index contributed by atoms with van der Waals surface area (Å²) in [6, 6.07) is 11.4. The van der Waals surface area contributed by atoms with Crippen LogP contribution in [0.5, 0.6) is 0 Å². The molecule has 4 heteroatoms. The van der Waals surface area contributed by atoms with Gasteiger partial charge in [-0.3, -0.25) is 9.59 Å². The summed E-state index contributed by atoms with van der Waals surface area (Å²) in [6.07, 6.45) is 0.931. The van der Waals surface area contributed by atoms with E-state index in [9.17, 15) is 9.59 Å². The van der Waals surface area contributed by atoms with Crippen molar-refractivity contribution in [2.24, 2.45) is 0 Å². The van der Waals surface area contributed by atoms with Gasteiger partial charge in [-0.1, -0.05) is 36.8 Å². The second-order valence-corrected chi connectivity index (χ2v) is 5.73. The Morgan fingerprint density at radius 1 is 0.870 bits per heavy atom. The zero-order chi connectivity index (χ0) is 17.0. The van der Waals surface area contributed by atoms with E-state index in [1.165, 1.54) is 5.56 Å². The predicted octanol–water partition coefficient (Wildman–Crippen LogP) is 3.75. The minimum atomic E-state index is -0.673. The van der Waals surface area contributed by atoms with Crippen molar-refractivity contribution in [3.63, 3.8) is 0 Å². The maximum Gasteiger partial charge on any atom is 0.314 e. The normalized spacial score (nSPS) is 10.3. The molecule has 23 heavy (non-hydrogen) atoms. The van der Waals surface area contributed by atoms with Gasteiger partial charge in [0.25, 0.3) is 0 Å². The van der Waals surface area contributed by atoms with Crippen molar-refractivity contribution in [3.05, 3.63) is 58.7 Å². The van der Waals surface area contributed by atoms with Gasteiger partial charge < -0.3 is 10.6 Å². The van der Waals surface area contributed by atoms with Crippen LogP contribution < -0.4 is 10.6 Å². The summed E-state index contributed by atoms with van der Waals surface area (Å²) in [6.45, 7) is 7.89. The lowest BCUT2D eigenvalue weighted by atomic mass is 10.1. The van der Waals surface area contributed by atoms with Gasteiger partial charge in [0.1, 0.15) is 0 Å². The first-order valence-electron chi connectivity index (χ1n) is 7.69. The van der Waals surface area contributed by atoms with Crippen LogP contribution >= 0.6 is 0 Å². The first kappa shape index (κ1) is 16.7.